The number of aromatic amines is 1. The van der Waals surface area contributed by atoms with E-state index in [4.69, 9.17) is 11.6 Å². The molecule has 1 fully saturated rings. The summed E-state index contributed by atoms with van der Waals surface area (Å²) in [6.07, 6.45) is 3.44. The number of aromatic nitrogens is 3. The van der Waals surface area contributed by atoms with Crippen LogP contribution in [0.5, 0.6) is 0 Å². The minimum Gasteiger partial charge on any atom is -0.342 e. The number of benzene rings is 1. The predicted molar refractivity (Wildman–Crippen MR) is 88.0 cm³/mol. The molecule has 1 aliphatic rings. The Labute approximate surface area is 138 Å². The van der Waals surface area contributed by atoms with Crippen LogP contribution in [-0.4, -0.2) is 44.8 Å². The Morgan fingerprint density at radius 3 is 2.68 bits per heavy atom. The topological polar surface area (TPSA) is 61.9 Å². The van der Waals surface area contributed by atoms with Crippen molar-refractivity contribution in [2.45, 2.75) is 24.4 Å². The number of piperidine rings is 1. The summed E-state index contributed by atoms with van der Waals surface area (Å²) >= 11 is 7.24. The lowest BCUT2D eigenvalue weighted by Gasteiger charge is -2.26. The van der Waals surface area contributed by atoms with E-state index in [0.29, 0.717) is 21.8 Å². The van der Waals surface area contributed by atoms with Crippen molar-refractivity contribution in [3.63, 3.8) is 0 Å². The minimum absolute atomic E-state index is 0.169. The molecule has 1 N–H and O–H groups in total. The number of halogens is 1. The molecule has 1 aliphatic heterocycles. The standard InChI is InChI=1S/C15H17ClN4OS/c16-12-6-4-11(5-7-12)14-17-15(19-18-14)22-10-13(21)20-8-2-1-3-9-20/h4-7H,1-3,8-10H2,(H,17,18,19). The van der Waals surface area contributed by atoms with Crippen molar-refractivity contribution in [2.24, 2.45) is 0 Å². The number of likely N-dealkylation sites (tertiary alicyclic amines) is 1. The lowest BCUT2D eigenvalue weighted by Crippen LogP contribution is -2.36. The van der Waals surface area contributed by atoms with Gasteiger partial charge in [-0.3, -0.25) is 9.89 Å². The van der Waals surface area contributed by atoms with Gasteiger partial charge in [0, 0.05) is 23.7 Å². The molecule has 2 aromatic rings. The van der Waals surface area contributed by atoms with Crippen LogP contribution in [-0.2, 0) is 4.79 Å². The summed E-state index contributed by atoms with van der Waals surface area (Å²) in [5, 5.41) is 8.33. The van der Waals surface area contributed by atoms with Crippen molar-refractivity contribution in [3.05, 3.63) is 29.3 Å². The molecule has 116 valence electrons. The van der Waals surface area contributed by atoms with Crippen LogP contribution in [0.4, 0.5) is 0 Å². The number of H-pyrrole nitrogens is 1. The highest BCUT2D eigenvalue weighted by Gasteiger charge is 2.17. The van der Waals surface area contributed by atoms with Gasteiger partial charge in [-0.1, -0.05) is 23.4 Å². The minimum atomic E-state index is 0.169. The molecule has 0 spiro atoms. The van der Waals surface area contributed by atoms with Crippen molar-refractivity contribution >= 4 is 29.3 Å². The first-order valence-corrected chi connectivity index (χ1v) is 8.67. The highest BCUT2D eigenvalue weighted by atomic mass is 35.5. The second kappa shape index (κ2) is 7.15. The zero-order chi connectivity index (χ0) is 15.4. The number of hydrogen-bond donors (Lipinski definition) is 1. The molecule has 2 heterocycles. The van der Waals surface area contributed by atoms with Crippen molar-refractivity contribution in [1.82, 2.24) is 20.1 Å². The molecule has 3 rings (SSSR count). The van der Waals surface area contributed by atoms with E-state index in [2.05, 4.69) is 15.2 Å². The van der Waals surface area contributed by atoms with E-state index < -0.39 is 0 Å². The number of nitrogens with zero attached hydrogens (tertiary/aromatic N) is 3. The molecule has 0 aliphatic carbocycles. The number of thioether (sulfide) groups is 1. The molecule has 0 unspecified atom stereocenters. The maximum atomic E-state index is 12.1. The first kappa shape index (κ1) is 15.4. The van der Waals surface area contributed by atoms with Crippen LogP contribution in [0.2, 0.25) is 5.02 Å². The first-order chi connectivity index (χ1) is 10.7. The molecule has 0 saturated carbocycles. The van der Waals surface area contributed by atoms with Crippen LogP contribution in [0.25, 0.3) is 11.4 Å². The zero-order valence-electron chi connectivity index (χ0n) is 12.1. The first-order valence-electron chi connectivity index (χ1n) is 7.31. The number of rotatable bonds is 4. The van der Waals surface area contributed by atoms with Gasteiger partial charge in [0.1, 0.15) is 0 Å². The Balaban J connectivity index is 1.57. The van der Waals surface area contributed by atoms with Gasteiger partial charge < -0.3 is 4.90 Å². The van der Waals surface area contributed by atoms with E-state index in [0.717, 1.165) is 31.5 Å². The molecule has 1 aromatic carbocycles. The molecule has 1 amide bonds. The van der Waals surface area contributed by atoms with Crippen LogP contribution in [0.3, 0.4) is 0 Å². The molecule has 7 heteroatoms. The second-order valence-corrected chi connectivity index (χ2v) is 6.58. The molecule has 0 atom stereocenters. The Kier molecular flexibility index (Phi) is 5.00. The summed E-state index contributed by atoms with van der Waals surface area (Å²) in [4.78, 5) is 18.5. The fourth-order valence-corrected chi connectivity index (χ4v) is 3.24. The monoisotopic (exact) mass is 336 g/mol. The number of hydrogen-bond acceptors (Lipinski definition) is 4. The summed E-state index contributed by atoms with van der Waals surface area (Å²) in [5.41, 5.74) is 0.922. The molecule has 1 aromatic heterocycles. The Hall–Kier alpha value is -1.53. The number of nitrogens with one attached hydrogen (secondary N) is 1. The summed E-state index contributed by atoms with van der Waals surface area (Å²) < 4.78 is 0. The molecule has 0 radical (unpaired) electrons. The lowest BCUT2D eigenvalue weighted by atomic mass is 10.1. The fourth-order valence-electron chi connectivity index (χ4n) is 2.41. The summed E-state index contributed by atoms with van der Waals surface area (Å²) in [7, 11) is 0. The van der Waals surface area contributed by atoms with Gasteiger partial charge in [-0.05, 0) is 43.5 Å². The van der Waals surface area contributed by atoms with E-state index >= 15 is 0 Å². The van der Waals surface area contributed by atoms with Crippen molar-refractivity contribution in [2.75, 3.05) is 18.8 Å². The van der Waals surface area contributed by atoms with E-state index in [1.165, 1.54) is 18.2 Å². The smallest absolute Gasteiger partial charge is 0.233 e. The van der Waals surface area contributed by atoms with Crippen LogP contribution < -0.4 is 0 Å². The van der Waals surface area contributed by atoms with E-state index in [9.17, 15) is 4.79 Å². The van der Waals surface area contributed by atoms with E-state index in [-0.39, 0.29) is 5.91 Å². The van der Waals surface area contributed by atoms with Gasteiger partial charge in [0.05, 0.1) is 5.75 Å². The Morgan fingerprint density at radius 2 is 1.95 bits per heavy atom. The molecular weight excluding hydrogens is 320 g/mol. The van der Waals surface area contributed by atoms with Crippen molar-refractivity contribution in [1.29, 1.82) is 0 Å². The quantitative estimate of drug-likeness (QED) is 0.871. The van der Waals surface area contributed by atoms with Crippen LogP contribution >= 0.6 is 23.4 Å². The third kappa shape index (κ3) is 3.81. The predicted octanol–water partition coefficient (Wildman–Crippen LogP) is 3.23. The van der Waals surface area contributed by atoms with Gasteiger partial charge in [-0.25, -0.2) is 4.98 Å². The maximum absolute atomic E-state index is 12.1. The highest BCUT2D eigenvalue weighted by Crippen LogP contribution is 2.21. The molecule has 1 saturated heterocycles. The van der Waals surface area contributed by atoms with Gasteiger partial charge in [0.15, 0.2) is 5.82 Å². The molecular formula is C15H17ClN4OS. The average Bonchev–Trinajstić information content (AvgIpc) is 3.03. The third-order valence-electron chi connectivity index (χ3n) is 3.62. The Morgan fingerprint density at radius 1 is 1.23 bits per heavy atom. The largest absolute Gasteiger partial charge is 0.342 e. The highest BCUT2D eigenvalue weighted by molar-refractivity contribution is 7.99. The van der Waals surface area contributed by atoms with Crippen LogP contribution in [0, 0.1) is 0 Å². The summed E-state index contributed by atoms with van der Waals surface area (Å²) in [6.45, 7) is 1.76. The van der Waals surface area contributed by atoms with E-state index in [1.807, 2.05) is 29.2 Å². The SMILES string of the molecule is O=C(CSc1n[nH]c(-c2ccc(Cl)cc2)n1)N1CCCCC1. The van der Waals surface area contributed by atoms with Crippen molar-refractivity contribution < 1.29 is 4.79 Å². The van der Waals surface area contributed by atoms with Crippen molar-refractivity contribution in [3.8, 4) is 11.4 Å². The number of carbonyl (C=O) groups is 1. The van der Waals surface area contributed by atoms with Gasteiger partial charge in [0.25, 0.3) is 0 Å². The number of amides is 1. The lowest BCUT2D eigenvalue weighted by molar-refractivity contribution is -0.129. The Bertz CT molecular complexity index is 637. The van der Waals surface area contributed by atoms with Gasteiger partial charge in [0.2, 0.25) is 11.1 Å². The van der Waals surface area contributed by atoms with Gasteiger partial charge >= 0.3 is 0 Å². The summed E-state index contributed by atoms with van der Waals surface area (Å²) in [5.74, 6) is 1.24. The maximum Gasteiger partial charge on any atom is 0.233 e. The second-order valence-electron chi connectivity index (χ2n) is 5.20. The molecule has 22 heavy (non-hydrogen) atoms. The van der Waals surface area contributed by atoms with Crippen LogP contribution in [0.1, 0.15) is 19.3 Å². The van der Waals surface area contributed by atoms with E-state index in [1.54, 1.807) is 0 Å². The molecule has 5 nitrogen and oxygen atoms in total. The normalized spacial score (nSPS) is 15.0. The third-order valence-corrected chi connectivity index (χ3v) is 4.70. The van der Waals surface area contributed by atoms with Crippen LogP contribution in [0.15, 0.2) is 29.4 Å². The zero-order valence-corrected chi connectivity index (χ0v) is 13.7. The molecule has 0 bridgehead atoms. The fraction of sp³-hybridized carbons (Fsp3) is 0.400. The van der Waals surface area contributed by atoms with Gasteiger partial charge in [-0.2, -0.15) is 0 Å². The number of carbonyl (C=O) groups excluding carboxylic acids is 1. The van der Waals surface area contributed by atoms with Gasteiger partial charge in [-0.15, -0.1) is 5.10 Å². The average molecular weight is 337 g/mol. The summed E-state index contributed by atoms with van der Waals surface area (Å²) in [6, 6.07) is 7.39.